The van der Waals surface area contributed by atoms with Gasteiger partial charge < -0.3 is 0 Å². The molecule has 0 amide bonds. The molecule has 0 spiro atoms. The highest BCUT2D eigenvalue weighted by Gasteiger charge is 2.06. The molecule has 0 aliphatic carbocycles. The highest BCUT2D eigenvalue weighted by atomic mass is 14.1. The van der Waals surface area contributed by atoms with Crippen molar-refractivity contribution in [2.75, 3.05) is 0 Å². The number of hydrogen-bond donors (Lipinski definition) is 0. The summed E-state index contributed by atoms with van der Waals surface area (Å²) in [5.41, 5.74) is 3.53. The van der Waals surface area contributed by atoms with Gasteiger partial charge in [0.25, 0.3) is 0 Å². The second-order valence-electron chi connectivity index (χ2n) is 4.45. The molecular weight excluding hydrogens is 228 g/mol. The highest BCUT2D eigenvalue weighted by Crippen LogP contribution is 2.30. The molecular formula is C19H14. The predicted octanol–water partition coefficient (Wildman–Crippen LogP) is 4.88. The molecule has 3 aromatic carbocycles. The van der Waals surface area contributed by atoms with Crippen molar-refractivity contribution in [2.24, 2.45) is 0 Å². The molecule has 0 atom stereocenters. The quantitative estimate of drug-likeness (QED) is 0.534. The molecule has 3 aromatic rings. The Balaban J connectivity index is 2.33. The lowest BCUT2D eigenvalue weighted by molar-refractivity contribution is 1.60. The van der Waals surface area contributed by atoms with Crippen LogP contribution in [0.3, 0.4) is 0 Å². The van der Waals surface area contributed by atoms with E-state index in [1.54, 1.807) is 0 Å². The van der Waals surface area contributed by atoms with Gasteiger partial charge in [-0.2, -0.15) is 0 Å². The zero-order valence-corrected chi connectivity index (χ0v) is 10.9. The molecule has 0 aromatic heterocycles. The van der Waals surface area contributed by atoms with E-state index in [0.717, 1.165) is 5.56 Å². The van der Waals surface area contributed by atoms with Gasteiger partial charge in [-0.25, -0.2) is 0 Å². The third-order valence-electron chi connectivity index (χ3n) is 3.27. The average Bonchev–Trinajstić information content (AvgIpc) is 2.48. The van der Waals surface area contributed by atoms with Crippen molar-refractivity contribution < 1.29 is 0 Å². The summed E-state index contributed by atoms with van der Waals surface area (Å²) in [7, 11) is 0. The smallest absolute Gasteiger partial charge is 0.0323 e. The molecule has 3 rings (SSSR count). The Kier molecular flexibility index (Phi) is 3.04. The first-order chi connectivity index (χ1) is 9.40. The molecule has 0 nitrogen and oxygen atoms in total. The molecule has 19 heavy (non-hydrogen) atoms. The van der Waals surface area contributed by atoms with E-state index in [1.165, 1.54) is 21.9 Å². The van der Waals surface area contributed by atoms with Crippen LogP contribution in [0, 0.1) is 11.8 Å². The molecule has 0 saturated carbocycles. The van der Waals surface area contributed by atoms with Crippen LogP contribution in [0.4, 0.5) is 0 Å². The first-order valence-corrected chi connectivity index (χ1v) is 6.40. The van der Waals surface area contributed by atoms with E-state index in [0.29, 0.717) is 0 Å². The summed E-state index contributed by atoms with van der Waals surface area (Å²) < 4.78 is 0. The molecule has 0 saturated heterocycles. The minimum absolute atomic E-state index is 1.08. The lowest BCUT2D eigenvalue weighted by atomic mass is 9.95. The van der Waals surface area contributed by atoms with Crippen molar-refractivity contribution >= 4 is 10.8 Å². The second kappa shape index (κ2) is 5.00. The van der Waals surface area contributed by atoms with Crippen LogP contribution in [0.5, 0.6) is 0 Å². The van der Waals surface area contributed by atoms with Gasteiger partial charge >= 0.3 is 0 Å². The van der Waals surface area contributed by atoms with E-state index in [1.807, 2.05) is 13.0 Å². The lowest BCUT2D eigenvalue weighted by Crippen LogP contribution is -1.85. The number of hydrogen-bond acceptors (Lipinski definition) is 0. The fourth-order valence-corrected chi connectivity index (χ4v) is 2.42. The van der Waals surface area contributed by atoms with Crippen molar-refractivity contribution in [2.45, 2.75) is 6.92 Å². The van der Waals surface area contributed by atoms with Crippen LogP contribution in [0.15, 0.2) is 66.7 Å². The van der Waals surface area contributed by atoms with Gasteiger partial charge in [-0.1, -0.05) is 66.6 Å². The first-order valence-electron chi connectivity index (χ1n) is 6.40. The Morgan fingerprint density at radius 3 is 2.26 bits per heavy atom. The fourth-order valence-electron chi connectivity index (χ4n) is 2.42. The van der Waals surface area contributed by atoms with Gasteiger partial charge in [0.1, 0.15) is 0 Å². The Hall–Kier alpha value is -2.52. The van der Waals surface area contributed by atoms with Gasteiger partial charge in [0.15, 0.2) is 0 Å². The molecule has 0 heteroatoms. The van der Waals surface area contributed by atoms with Crippen LogP contribution in [-0.2, 0) is 0 Å². The molecule has 0 radical (unpaired) electrons. The predicted molar refractivity (Wildman–Crippen MR) is 81.9 cm³/mol. The van der Waals surface area contributed by atoms with Gasteiger partial charge in [0.2, 0.25) is 0 Å². The minimum atomic E-state index is 1.08. The van der Waals surface area contributed by atoms with Crippen LogP contribution in [0.2, 0.25) is 0 Å². The largest absolute Gasteiger partial charge is 0.101 e. The van der Waals surface area contributed by atoms with Gasteiger partial charge in [-0.15, -0.1) is 5.92 Å². The topological polar surface area (TPSA) is 0 Å². The number of rotatable bonds is 1. The molecule has 0 heterocycles. The van der Waals surface area contributed by atoms with Crippen molar-refractivity contribution in [3.05, 3.63) is 72.3 Å². The minimum Gasteiger partial charge on any atom is -0.101 e. The zero-order valence-electron chi connectivity index (χ0n) is 10.9. The average molecular weight is 242 g/mol. The third-order valence-corrected chi connectivity index (χ3v) is 3.27. The summed E-state index contributed by atoms with van der Waals surface area (Å²) in [5, 5.41) is 2.54. The summed E-state index contributed by atoms with van der Waals surface area (Å²) in [6.45, 7) is 1.87. The molecule has 0 N–H and O–H groups in total. The van der Waals surface area contributed by atoms with E-state index in [9.17, 15) is 0 Å². The fraction of sp³-hybridized carbons (Fsp3) is 0.0526. The Morgan fingerprint density at radius 1 is 0.684 bits per heavy atom. The maximum atomic E-state index is 3.19. The monoisotopic (exact) mass is 242 g/mol. The van der Waals surface area contributed by atoms with E-state index in [-0.39, 0.29) is 0 Å². The van der Waals surface area contributed by atoms with Gasteiger partial charge in [-0.05, 0) is 34.9 Å². The van der Waals surface area contributed by atoms with Crippen LogP contribution in [0.25, 0.3) is 21.9 Å². The summed E-state index contributed by atoms with van der Waals surface area (Å²) in [6, 6.07) is 23.2. The summed E-state index contributed by atoms with van der Waals surface area (Å²) in [6.07, 6.45) is 0. The van der Waals surface area contributed by atoms with Gasteiger partial charge in [-0.3, -0.25) is 0 Å². The SMILES string of the molecule is CC#Cc1ccccc1-c1cccc2ccccc12. The first kappa shape index (κ1) is 11.6. The molecule has 0 unspecified atom stereocenters. The lowest BCUT2D eigenvalue weighted by Gasteiger charge is -2.08. The Morgan fingerprint density at radius 2 is 1.37 bits per heavy atom. The second-order valence-corrected chi connectivity index (χ2v) is 4.45. The van der Waals surface area contributed by atoms with Gasteiger partial charge in [0, 0.05) is 5.56 Å². The number of fused-ring (bicyclic) bond motifs is 1. The molecule has 0 aliphatic heterocycles. The standard InChI is InChI=1S/C19H14/c1-2-8-15-9-3-5-12-17(15)19-14-7-11-16-10-4-6-13-18(16)19/h3-7,9-14H,1H3. The van der Waals surface area contributed by atoms with E-state index >= 15 is 0 Å². The normalized spacial score (nSPS) is 9.95. The van der Waals surface area contributed by atoms with Crippen molar-refractivity contribution in [3.63, 3.8) is 0 Å². The van der Waals surface area contributed by atoms with Crippen molar-refractivity contribution in [1.82, 2.24) is 0 Å². The molecule has 0 aliphatic rings. The van der Waals surface area contributed by atoms with E-state index in [4.69, 9.17) is 0 Å². The molecule has 0 bridgehead atoms. The van der Waals surface area contributed by atoms with Crippen LogP contribution in [-0.4, -0.2) is 0 Å². The van der Waals surface area contributed by atoms with Crippen LogP contribution >= 0.6 is 0 Å². The highest BCUT2D eigenvalue weighted by molar-refractivity contribution is 5.97. The Bertz CT molecular complexity index is 780. The Labute approximate surface area is 113 Å². The summed E-state index contributed by atoms with van der Waals surface area (Å²) in [5.74, 6) is 6.18. The zero-order chi connectivity index (χ0) is 13.1. The molecule has 90 valence electrons. The van der Waals surface area contributed by atoms with Crippen molar-refractivity contribution in [3.8, 4) is 23.0 Å². The summed E-state index contributed by atoms with van der Waals surface area (Å²) >= 11 is 0. The van der Waals surface area contributed by atoms with Crippen LogP contribution < -0.4 is 0 Å². The maximum Gasteiger partial charge on any atom is 0.0323 e. The van der Waals surface area contributed by atoms with Crippen LogP contribution in [0.1, 0.15) is 12.5 Å². The summed E-state index contributed by atoms with van der Waals surface area (Å²) in [4.78, 5) is 0. The van der Waals surface area contributed by atoms with E-state index < -0.39 is 0 Å². The van der Waals surface area contributed by atoms with E-state index in [2.05, 4.69) is 72.5 Å². The maximum absolute atomic E-state index is 3.19. The molecule has 0 fully saturated rings. The van der Waals surface area contributed by atoms with Crippen molar-refractivity contribution in [1.29, 1.82) is 0 Å². The number of benzene rings is 3. The van der Waals surface area contributed by atoms with Gasteiger partial charge in [0.05, 0.1) is 0 Å². The third kappa shape index (κ3) is 2.11.